The smallest absolute Gasteiger partial charge is 0.180 e. The van der Waals surface area contributed by atoms with E-state index in [2.05, 4.69) is 83.8 Å². The Morgan fingerprint density at radius 2 is 0.939 bits per heavy atom. The summed E-state index contributed by atoms with van der Waals surface area (Å²) in [6, 6.07) is 31.3. The SMILES string of the molecule is [2H]c1c([2H])c([2H])c(-c2nc(-c3c([2H])c([2H])c([2H])c([2H])c3[2H])c3oc4ccc(-c5cccc(-c6ccc7c8ccccc8c8ccccc8c7c6)c5)cc4c3n2)c([2H])c1[2H]. The Morgan fingerprint density at radius 3 is 1.59 bits per heavy atom. The number of benzene rings is 8. The summed E-state index contributed by atoms with van der Waals surface area (Å²) in [4.78, 5) is 9.27. The Labute approximate surface area is 296 Å². The lowest BCUT2D eigenvalue weighted by Gasteiger charge is -2.12. The van der Waals surface area contributed by atoms with Gasteiger partial charge in [-0.25, -0.2) is 9.97 Å². The fourth-order valence-corrected chi connectivity index (χ4v) is 6.80. The van der Waals surface area contributed by atoms with Crippen LogP contribution in [-0.4, -0.2) is 9.97 Å². The Bertz CT molecular complexity index is 3380. The van der Waals surface area contributed by atoms with Crippen molar-refractivity contribution < 1.29 is 18.1 Å². The maximum absolute atomic E-state index is 8.76. The molecule has 0 spiro atoms. The molecule has 0 saturated heterocycles. The molecule has 8 aromatic carbocycles. The Kier molecular flexibility index (Phi) is 4.33. The minimum atomic E-state index is -0.596. The van der Waals surface area contributed by atoms with Crippen LogP contribution in [0.2, 0.25) is 0 Å². The van der Waals surface area contributed by atoms with Crippen LogP contribution in [0.1, 0.15) is 13.7 Å². The van der Waals surface area contributed by atoms with Gasteiger partial charge in [0.2, 0.25) is 0 Å². The van der Waals surface area contributed by atoms with Gasteiger partial charge in [0.1, 0.15) is 16.8 Å². The molecule has 0 saturated carbocycles. The average Bonchev–Trinajstić information content (AvgIpc) is 3.64. The second-order valence-corrected chi connectivity index (χ2v) is 11.8. The van der Waals surface area contributed by atoms with Crippen molar-refractivity contribution in [2.45, 2.75) is 0 Å². The van der Waals surface area contributed by atoms with E-state index < -0.39 is 60.4 Å². The van der Waals surface area contributed by atoms with Crippen LogP contribution in [0.3, 0.4) is 0 Å². The van der Waals surface area contributed by atoms with Gasteiger partial charge in [0.25, 0.3) is 0 Å². The van der Waals surface area contributed by atoms with E-state index in [9.17, 15) is 0 Å². The van der Waals surface area contributed by atoms with E-state index in [1.807, 2.05) is 24.3 Å². The highest BCUT2D eigenvalue weighted by atomic mass is 16.3. The van der Waals surface area contributed by atoms with Gasteiger partial charge >= 0.3 is 0 Å². The van der Waals surface area contributed by atoms with E-state index in [1.165, 1.54) is 26.9 Å². The van der Waals surface area contributed by atoms with Gasteiger partial charge in [0.15, 0.2) is 11.4 Å². The van der Waals surface area contributed by atoms with Crippen LogP contribution in [0.25, 0.3) is 99.3 Å². The first-order valence-corrected chi connectivity index (χ1v) is 15.8. The number of aromatic nitrogens is 2. The van der Waals surface area contributed by atoms with Gasteiger partial charge in [-0.15, -0.1) is 0 Å². The van der Waals surface area contributed by atoms with Crippen molar-refractivity contribution in [3.05, 3.63) is 170 Å². The minimum Gasteiger partial charge on any atom is -0.452 e. The van der Waals surface area contributed by atoms with Crippen molar-refractivity contribution in [1.82, 2.24) is 9.97 Å². The van der Waals surface area contributed by atoms with E-state index in [4.69, 9.17) is 23.1 Å². The van der Waals surface area contributed by atoms with Crippen LogP contribution in [0, 0.1) is 0 Å². The molecule has 0 atom stereocenters. The van der Waals surface area contributed by atoms with Crippen LogP contribution < -0.4 is 0 Å². The van der Waals surface area contributed by atoms with Crippen molar-refractivity contribution >= 4 is 54.4 Å². The highest BCUT2D eigenvalue weighted by Gasteiger charge is 2.19. The number of fused-ring (bicyclic) bond motifs is 9. The van der Waals surface area contributed by atoms with Gasteiger partial charge in [-0.1, -0.05) is 145 Å². The predicted octanol–water partition coefficient (Wildman–Crippen LogP) is 12.5. The maximum atomic E-state index is 8.76. The summed E-state index contributed by atoms with van der Waals surface area (Å²) in [5.74, 6) is -0.289. The number of rotatable bonds is 4. The van der Waals surface area contributed by atoms with Crippen molar-refractivity contribution in [2.75, 3.05) is 0 Å². The number of furan rings is 1. The largest absolute Gasteiger partial charge is 0.452 e. The molecule has 3 nitrogen and oxygen atoms in total. The molecule has 0 aliphatic carbocycles. The second kappa shape index (κ2) is 11.0. The molecule has 10 aromatic rings. The molecule has 0 aliphatic rings. The molecule has 10 rings (SSSR count). The molecule has 2 aromatic heterocycles. The lowest BCUT2D eigenvalue weighted by molar-refractivity contribution is 0.667. The van der Waals surface area contributed by atoms with Crippen LogP contribution in [0.4, 0.5) is 0 Å². The van der Waals surface area contributed by atoms with Crippen molar-refractivity contribution in [1.29, 1.82) is 0 Å². The van der Waals surface area contributed by atoms with Gasteiger partial charge < -0.3 is 4.42 Å². The van der Waals surface area contributed by atoms with Crippen molar-refractivity contribution in [2.24, 2.45) is 0 Å². The quantitative estimate of drug-likeness (QED) is 0.181. The Morgan fingerprint density at radius 1 is 0.408 bits per heavy atom. The third-order valence-corrected chi connectivity index (χ3v) is 9.05. The summed E-state index contributed by atoms with van der Waals surface area (Å²) in [6.07, 6.45) is 0. The first kappa shape index (κ1) is 19.3. The molecule has 0 amide bonds. The molecule has 0 N–H and O–H groups in total. The maximum Gasteiger partial charge on any atom is 0.180 e. The van der Waals surface area contributed by atoms with E-state index in [0.29, 0.717) is 11.0 Å². The molecule has 228 valence electrons. The van der Waals surface area contributed by atoms with Gasteiger partial charge in [-0.05, 0) is 78.8 Å². The zero-order valence-electron chi connectivity index (χ0n) is 35.7. The van der Waals surface area contributed by atoms with Crippen molar-refractivity contribution in [3.8, 4) is 44.9 Å². The number of hydrogen-bond donors (Lipinski definition) is 0. The van der Waals surface area contributed by atoms with Crippen LogP contribution >= 0.6 is 0 Å². The van der Waals surface area contributed by atoms with Gasteiger partial charge in [-0.2, -0.15) is 0 Å². The second-order valence-electron chi connectivity index (χ2n) is 11.8. The molecule has 0 unspecified atom stereocenters. The topological polar surface area (TPSA) is 38.9 Å². The standard InChI is InChI=1S/C46H28N2O/c1-3-12-29(13-4-1)43-45-44(48-46(47-43)30-14-5-2-6-15-30)41-28-34(23-25-42(41)49-45)32-17-11-16-31(26-32)33-22-24-39-37-20-8-7-18-35(37)36-19-9-10-21-38(36)40(39)27-33/h1-28H/i1D,2D,3D,4D,5D,6D,12D,13D,14D,15D. The van der Waals surface area contributed by atoms with E-state index in [-0.39, 0.29) is 33.7 Å². The first-order chi connectivity index (χ1) is 28.4. The number of hydrogen-bond acceptors (Lipinski definition) is 3. The third-order valence-electron chi connectivity index (χ3n) is 9.05. The summed E-state index contributed by atoms with van der Waals surface area (Å²) in [6.45, 7) is 0. The lowest BCUT2D eigenvalue weighted by Crippen LogP contribution is -1.93. The normalized spacial score (nSPS) is 14.5. The highest BCUT2D eigenvalue weighted by Crippen LogP contribution is 2.40. The lowest BCUT2D eigenvalue weighted by atomic mass is 9.91. The molecule has 49 heavy (non-hydrogen) atoms. The van der Waals surface area contributed by atoms with Gasteiger partial charge in [-0.3, -0.25) is 0 Å². The zero-order valence-corrected chi connectivity index (χ0v) is 25.7. The summed E-state index contributed by atoms with van der Waals surface area (Å²) < 4.78 is 90.8. The van der Waals surface area contributed by atoms with Gasteiger partial charge in [0, 0.05) is 16.5 Å². The fourth-order valence-electron chi connectivity index (χ4n) is 6.80. The minimum absolute atomic E-state index is 0.0106. The fraction of sp³-hybridized carbons (Fsp3) is 0. The third kappa shape index (κ3) is 4.51. The predicted molar refractivity (Wildman–Crippen MR) is 204 cm³/mol. The summed E-state index contributed by atoms with van der Waals surface area (Å²) in [7, 11) is 0. The van der Waals surface area contributed by atoms with E-state index >= 15 is 0 Å². The Hall–Kier alpha value is -6.58. The zero-order chi connectivity index (χ0) is 41.0. The molecular formula is C46H28N2O. The molecule has 0 radical (unpaired) electrons. The van der Waals surface area contributed by atoms with Gasteiger partial charge in [0.05, 0.1) is 13.7 Å². The van der Waals surface area contributed by atoms with E-state index in [1.54, 1.807) is 6.07 Å². The van der Waals surface area contributed by atoms with Crippen LogP contribution in [0.5, 0.6) is 0 Å². The van der Waals surface area contributed by atoms with Crippen LogP contribution in [0.15, 0.2) is 174 Å². The molecule has 3 heteroatoms. The van der Waals surface area contributed by atoms with E-state index in [0.717, 1.165) is 27.6 Å². The van der Waals surface area contributed by atoms with Crippen molar-refractivity contribution in [3.63, 3.8) is 0 Å². The summed E-state index contributed by atoms with van der Waals surface area (Å²) >= 11 is 0. The average molecular weight is 635 g/mol. The summed E-state index contributed by atoms with van der Waals surface area (Å²) in [5, 5.41) is 7.56. The highest BCUT2D eigenvalue weighted by molar-refractivity contribution is 6.25. The van der Waals surface area contributed by atoms with Crippen LogP contribution in [-0.2, 0) is 0 Å². The molecule has 0 bridgehead atoms. The summed E-state index contributed by atoms with van der Waals surface area (Å²) in [5.41, 5.74) is 3.49. The monoisotopic (exact) mass is 634 g/mol. The molecule has 2 heterocycles. The number of nitrogens with zero attached hydrogens (tertiary/aromatic N) is 2. The Balaban J connectivity index is 1.18. The molecular weight excluding hydrogens is 597 g/mol. The molecule has 0 fully saturated rings. The first-order valence-electron chi connectivity index (χ1n) is 20.8. The molecule has 0 aliphatic heterocycles.